The number of aliphatic hydroxyl groups is 1. The first-order valence-corrected chi connectivity index (χ1v) is 14.8. The lowest BCUT2D eigenvalue weighted by Crippen LogP contribution is -2.34. The van der Waals surface area contributed by atoms with Crippen LogP contribution in [0.4, 0.5) is 10.1 Å². The Kier molecular flexibility index (Phi) is 11.5. The number of imidazole rings is 1. The summed E-state index contributed by atoms with van der Waals surface area (Å²) in [5.41, 5.74) is 2.12. The van der Waals surface area contributed by atoms with Gasteiger partial charge in [0.1, 0.15) is 17.7 Å². The van der Waals surface area contributed by atoms with Crippen molar-refractivity contribution in [1.82, 2.24) is 15.3 Å². The number of carbonyl (C=O) groups excluding carboxylic acids is 1. The minimum absolute atomic E-state index is 0.0465. The van der Waals surface area contributed by atoms with Gasteiger partial charge in [-0.25, -0.2) is 17.8 Å². The van der Waals surface area contributed by atoms with Gasteiger partial charge in [-0.1, -0.05) is 45.9 Å². The lowest BCUT2D eigenvalue weighted by Gasteiger charge is -2.30. The number of aromatic amines is 1. The Morgan fingerprint density at radius 1 is 1.11 bits per heavy atom. The predicted octanol–water partition coefficient (Wildman–Crippen LogP) is 5.28. The maximum atomic E-state index is 13.7. The molecule has 0 aliphatic heterocycles. The smallest absolute Gasteiger partial charge is 0.229 e. The lowest BCUT2D eigenvalue weighted by atomic mass is 9.79. The Labute approximate surface area is 219 Å². The molecule has 1 saturated carbocycles. The number of hydrogen-bond donors (Lipinski definition) is 4. The van der Waals surface area contributed by atoms with Gasteiger partial charge >= 0.3 is 0 Å². The van der Waals surface area contributed by atoms with E-state index in [1.54, 1.807) is 36.4 Å². The molecule has 1 heterocycles. The highest BCUT2D eigenvalue weighted by atomic mass is 32.2. The van der Waals surface area contributed by atoms with Crippen LogP contribution >= 0.6 is 0 Å². The van der Waals surface area contributed by atoms with E-state index in [-0.39, 0.29) is 30.1 Å². The van der Waals surface area contributed by atoms with Gasteiger partial charge in [0.15, 0.2) is 0 Å². The van der Waals surface area contributed by atoms with E-state index in [1.165, 1.54) is 6.07 Å². The Balaban J connectivity index is 0.00000115. The van der Waals surface area contributed by atoms with Crippen LogP contribution in [-0.2, 0) is 21.4 Å². The summed E-state index contributed by atoms with van der Waals surface area (Å²) in [4.78, 5) is 20.1. The fourth-order valence-corrected chi connectivity index (χ4v) is 4.89. The minimum Gasteiger partial charge on any atom is -0.385 e. The Morgan fingerprint density at radius 3 is 2.38 bits per heavy atom. The maximum absolute atomic E-state index is 13.7. The zero-order valence-corrected chi connectivity index (χ0v) is 23.0. The monoisotopic (exact) mass is 534 g/mol. The van der Waals surface area contributed by atoms with Crippen molar-refractivity contribution >= 4 is 32.7 Å². The van der Waals surface area contributed by atoms with Crippen molar-refractivity contribution in [2.24, 2.45) is 11.8 Å². The summed E-state index contributed by atoms with van der Waals surface area (Å²) in [7, 11) is -3.39. The number of sulfonamides is 1. The van der Waals surface area contributed by atoms with E-state index in [2.05, 4.69) is 20.0 Å². The number of amides is 1. The van der Waals surface area contributed by atoms with Gasteiger partial charge in [-0.2, -0.15) is 0 Å². The number of fused-ring (bicyclic) bond motifs is 1. The third-order valence-corrected chi connectivity index (χ3v) is 6.69. The van der Waals surface area contributed by atoms with Crippen molar-refractivity contribution in [3.05, 3.63) is 59.7 Å². The van der Waals surface area contributed by atoms with E-state index in [9.17, 15) is 22.7 Å². The van der Waals surface area contributed by atoms with E-state index in [1.807, 2.05) is 27.7 Å². The summed E-state index contributed by atoms with van der Waals surface area (Å²) in [5, 5.41) is 13.7. The summed E-state index contributed by atoms with van der Waals surface area (Å²) < 4.78 is 39.0. The number of nitrogens with one attached hydrogen (secondary N) is 3. The van der Waals surface area contributed by atoms with E-state index >= 15 is 0 Å². The fraction of sp³-hybridized carbons (Fsp3) is 0.481. The molecule has 1 amide bonds. The molecule has 0 radical (unpaired) electrons. The third kappa shape index (κ3) is 8.53. The Morgan fingerprint density at radius 2 is 1.76 bits per heavy atom. The zero-order chi connectivity index (χ0) is 27.6. The number of nitrogens with zero attached hydrogens (tertiary/aromatic N) is 1. The van der Waals surface area contributed by atoms with Crippen LogP contribution in [0.5, 0.6) is 0 Å². The number of aromatic nitrogens is 2. The van der Waals surface area contributed by atoms with Crippen LogP contribution in [0.15, 0.2) is 42.5 Å². The Hall–Kier alpha value is -2.98. The second-order valence-electron chi connectivity index (χ2n) is 8.59. The zero-order valence-electron chi connectivity index (χ0n) is 22.2. The van der Waals surface area contributed by atoms with Crippen LogP contribution in [0, 0.1) is 17.7 Å². The van der Waals surface area contributed by atoms with Gasteiger partial charge in [0.05, 0.1) is 23.0 Å². The van der Waals surface area contributed by atoms with Crippen LogP contribution in [0.3, 0.4) is 0 Å². The number of hydrogen-bond acceptors (Lipinski definition) is 5. The van der Waals surface area contributed by atoms with Crippen LogP contribution < -0.4 is 10.0 Å². The number of benzene rings is 2. The van der Waals surface area contributed by atoms with Crippen LogP contribution in [0.25, 0.3) is 11.0 Å². The van der Waals surface area contributed by atoms with Gasteiger partial charge in [0, 0.05) is 18.0 Å². The minimum atomic E-state index is -3.39. The molecule has 2 aromatic carbocycles. The molecular weight excluding hydrogens is 495 g/mol. The molecule has 204 valence electrons. The van der Waals surface area contributed by atoms with Crippen LogP contribution in [-0.4, -0.2) is 35.7 Å². The molecule has 0 bridgehead atoms. The molecule has 8 nitrogen and oxygen atoms in total. The normalized spacial score (nSPS) is 18.0. The predicted molar refractivity (Wildman–Crippen MR) is 146 cm³/mol. The Bertz CT molecular complexity index is 1250. The standard InChI is InChI=1S/C23H27FN4O4S.2C2H6/c1-33(31,32)28-17-10-11-19-20(12-17)27-22(26-19)21(29)14-6-8-15(9-7-14)23(30)25-13-16-4-2-3-5-18(16)24;2*1-2/h2-5,10-12,14-15,21,28-29H,6-9,13H2,1H3,(H,25,30)(H,26,27);2*1-2H3. The molecule has 3 aromatic rings. The first-order chi connectivity index (χ1) is 17.7. The average molecular weight is 535 g/mol. The summed E-state index contributed by atoms with van der Waals surface area (Å²) in [6.07, 6.45) is 2.86. The maximum Gasteiger partial charge on any atom is 0.229 e. The molecule has 4 rings (SSSR count). The first-order valence-electron chi connectivity index (χ1n) is 12.9. The van der Waals surface area contributed by atoms with E-state index in [4.69, 9.17) is 0 Å². The molecule has 0 spiro atoms. The second kappa shape index (κ2) is 14.1. The summed E-state index contributed by atoms with van der Waals surface area (Å²) in [6.45, 7) is 8.16. The van der Waals surface area contributed by atoms with Crippen molar-refractivity contribution in [3.8, 4) is 0 Å². The largest absolute Gasteiger partial charge is 0.385 e. The third-order valence-electron chi connectivity index (χ3n) is 6.08. The van der Waals surface area contributed by atoms with E-state index in [0.717, 1.165) is 6.26 Å². The number of carbonyl (C=O) groups is 1. The molecular formula is C27H39FN4O4S. The van der Waals surface area contributed by atoms with Gasteiger partial charge < -0.3 is 15.4 Å². The number of anilines is 1. The van der Waals surface area contributed by atoms with E-state index < -0.39 is 16.1 Å². The summed E-state index contributed by atoms with van der Waals surface area (Å²) >= 11 is 0. The van der Waals surface area contributed by atoms with Crippen molar-refractivity contribution in [2.45, 2.75) is 66.0 Å². The topological polar surface area (TPSA) is 124 Å². The first kappa shape index (κ1) is 30.2. The second-order valence-corrected chi connectivity index (χ2v) is 10.3. The molecule has 1 aliphatic carbocycles. The van der Waals surface area contributed by atoms with Gasteiger partial charge in [-0.15, -0.1) is 0 Å². The fourth-order valence-electron chi connectivity index (χ4n) is 4.34. The number of halogens is 1. The average Bonchev–Trinajstić information content (AvgIpc) is 3.32. The molecule has 1 fully saturated rings. The molecule has 1 unspecified atom stereocenters. The molecule has 10 heteroatoms. The van der Waals surface area contributed by atoms with Gasteiger partial charge in [0.25, 0.3) is 0 Å². The molecule has 37 heavy (non-hydrogen) atoms. The van der Waals surface area contributed by atoms with Crippen LogP contribution in [0.2, 0.25) is 0 Å². The van der Waals surface area contributed by atoms with Crippen molar-refractivity contribution in [3.63, 3.8) is 0 Å². The number of rotatable bonds is 7. The molecule has 1 aliphatic rings. The molecule has 1 atom stereocenters. The van der Waals surface area contributed by atoms with Crippen LogP contribution in [0.1, 0.15) is 70.9 Å². The molecule has 1 aromatic heterocycles. The highest BCUT2D eigenvalue weighted by molar-refractivity contribution is 7.92. The molecule has 0 saturated heterocycles. The highest BCUT2D eigenvalue weighted by Crippen LogP contribution is 2.37. The number of H-pyrrole nitrogens is 1. The van der Waals surface area contributed by atoms with Gasteiger partial charge in [0.2, 0.25) is 15.9 Å². The van der Waals surface area contributed by atoms with Crippen molar-refractivity contribution in [2.75, 3.05) is 11.0 Å². The SMILES string of the molecule is CC.CC.CS(=O)(=O)Nc1ccc2nc(C(O)C3CCC(C(=O)NCc4ccccc4F)CC3)[nH]c2c1. The number of aliphatic hydroxyl groups excluding tert-OH is 1. The summed E-state index contributed by atoms with van der Waals surface area (Å²) in [5.74, 6) is -0.222. The highest BCUT2D eigenvalue weighted by Gasteiger charge is 2.32. The van der Waals surface area contributed by atoms with E-state index in [0.29, 0.717) is 53.8 Å². The molecule has 4 N–H and O–H groups in total. The van der Waals surface area contributed by atoms with Gasteiger partial charge in [-0.05, 0) is 55.9 Å². The summed E-state index contributed by atoms with van der Waals surface area (Å²) in [6, 6.07) is 11.3. The quantitative estimate of drug-likeness (QED) is 0.328. The van der Waals surface area contributed by atoms with Crippen molar-refractivity contribution < 1.29 is 22.7 Å². The lowest BCUT2D eigenvalue weighted by molar-refractivity contribution is -0.126. The van der Waals surface area contributed by atoms with Gasteiger partial charge in [-0.3, -0.25) is 9.52 Å². The van der Waals surface area contributed by atoms with Crippen molar-refractivity contribution in [1.29, 1.82) is 0 Å².